The Labute approximate surface area is 161 Å². The minimum absolute atomic E-state index is 0.139. The van der Waals surface area contributed by atoms with Crippen molar-refractivity contribution in [3.63, 3.8) is 0 Å². The molecule has 10 nitrogen and oxygen atoms in total. The van der Waals surface area contributed by atoms with E-state index in [-0.39, 0.29) is 30.2 Å². The highest BCUT2D eigenvalue weighted by molar-refractivity contribution is 5.99. The Morgan fingerprint density at radius 3 is 2.68 bits per heavy atom. The largest absolute Gasteiger partial charge is 0.385 e. The number of methoxy groups -OCH3 is 1. The van der Waals surface area contributed by atoms with Crippen LogP contribution >= 0.6 is 0 Å². The third-order valence-electron chi connectivity index (χ3n) is 3.95. The minimum Gasteiger partial charge on any atom is -0.385 e. The van der Waals surface area contributed by atoms with Gasteiger partial charge in [-0.3, -0.25) is 19.7 Å². The van der Waals surface area contributed by atoms with E-state index < -0.39 is 16.7 Å². The molecule has 0 aliphatic heterocycles. The fraction of sp³-hybridized carbons (Fsp3) is 0.389. The highest BCUT2D eigenvalue weighted by Gasteiger charge is 2.22. The van der Waals surface area contributed by atoms with Crippen molar-refractivity contribution in [1.29, 1.82) is 0 Å². The molecular weight excluding hydrogens is 368 g/mol. The van der Waals surface area contributed by atoms with Gasteiger partial charge in [0.25, 0.3) is 11.6 Å². The molecule has 0 atom stereocenters. The lowest BCUT2D eigenvalue weighted by molar-refractivity contribution is -0.385. The molecule has 1 heterocycles. The number of nitrogens with zero attached hydrogens (tertiary/aromatic N) is 3. The summed E-state index contributed by atoms with van der Waals surface area (Å²) in [6.07, 6.45) is 0.506. The molecule has 0 saturated heterocycles. The number of carbonyl (C=O) groups excluding carboxylic acids is 2. The minimum atomic E-state index is -0.541. The topological polar surface area (TPSA) is 128 Å². The fourth-order valence-electron chi connectivity index (χ4n) is 2.55. The number of nitro benzene ring substituents is 1. The molecule has 1 aromatic carbocycles. The molecule has 150 valence electrons. The molecule has 0 saturated carbocycles. The number of carbonyl (C=O) groups is 2. The number of nitro groups is 1. The van der Waals surface area contributed by atoms with Crippen molar-refractivity contribution in [2.45, 2.75) is 20.3 Å². The zero-order valence-electron chi connectivity index (χ0n) is 15.9. The normalized spacial score (nSPS) is 10.5. The predicted octanol–water partition coefficient (Wildman–Crippen LogP) is 2.32. The lowest BCUT2D eigenvalue weighted by Crippen LogP contribution is -2.39. The van der Waals surface area contributed by atoms with Gasteiger partial charge in [0.05, 0.1) is 4.92 Å². The smallest absolute Gasteiger partial charge is 0.273 e. The standard InChI is InChI=1S/C18H22N4O6/c1-12-5-6-14(10-15(12)22(25)26)18(24)21(7-4-8-27-3)11-17(23)19-16-9-13(2)28-20-16/h5-6,9-10H,4,7-8,11H2,1-3H3,(H,19,20,23). The Hall–Kier alpha value is -3.27. The molecule has 0 aliphatic rings. The second kappa shape index (κ2) is 9.60. The Morgan fingerprint density at radius 2 is 2.07 bits per heavy atom. The average Bonchev–Trinajstić information content (AvgIpc) is 3.05. The van der Waals surface area contributed by atoms with Gasteiger partial charge in [-0.25, -0.2) is 0 Å². The van der Waals surface area contributed by atoms with E-state index in [1.165, 1.54) is 30.2 Å². The second-order valence-electron chi connectivity index (χ2n) is 6.20. The summed E-state index contributed by atoms with van der Waals surface area (Å²) in [5.74, 6) is -0.153. The molecule has 2 rings (SSSR count). The molecule has 0 bridgehead atoms. The summed E-state index contributed by atoms with van der Waals surface area (Å²) in [6.45, 7) is 3.70. The summed E-state index contributed by atoms with van der Waals surface area (Å²) in [5.41, 5.74) is 0.441. The SMILES string of the molecule is COCCCN(CC(=O)Nc1cc(C)on1)C(=O)c1ccc(C)c([N+](=O)[O-])c1. The van der Waals surface area contributed by atoms with Crippen LogP contribution < -0.4 is 5.32 Å². The molecule has 0 aliphatic carbocycles. The van der Waals surface area contributed by atoms with Crippen LogP contribution in [0.15, 0.2) is 28.8 Å². The van der Waals surface area contributed by atoms with E-state index in [4.69, 9.17) is 9.26 Å². The van der Waals surface area contributed by atoms with Gasteiger partial charge in [0.2, 0.25) is 5.91 Å². The summed E-state index contributed by atoms with van der Waals surface area (Å²) in [4.78, 5) is 37.1. The van der Waals surface area contributed by atoms with Gasteiger partial charge in [-0.05, 0) is 26.3 Å². The number of amides is 2. The lowest BCUT2D eigenvalue weighted by atomic mass is 10.1. The highest BCUT2D eigenvalue weighted by atomic mass is 16.6. The Bertz CT molecular complexity index is 864. The van der Waals surface area contributed by atoms with Crippen LogP contribution in [0, 0.1) is 24.0 Å². The first-order valence-electron chi connectivity index (χ1n) is 8.58. The first-order valence-corrected chi connectivity index (χ1v) is 8.58. The fourth-order valence-corrected chi connectivity index (χ4v) is 2.55. The summed E-state index contributed by atoms with van der Waals surface area (Å²) in [7, 11) is 1.54. The molecule has 1 N–H and O–H groups in total. The van der Waals surface area contributed by atoms with Crippen LogP contribution in [0.3, 0.4) is 0 Å². The number of benzene rings is 1. The Balaban J connectivity index is 2.16. The molecular formula is C18H22N4O6. The number of anilines is 1. The monoisotopic (exact) mass is 390 g/mol. The third-order valence-corrected chi connectivity index (χ3v) is 3.95. The van der Waals surface area contributed by atoms with Crippen molar-refractivity contribution < 1.29 is 23.8 Å². The Kier molecular flexibility index (Phi) is 7.21. The predicted molar refractivity (Wildman–Crippen MR) is 100 cm³/mol. The quantitative estimate of drug-likeness (QED) is 0.395. The zero-order valence-corrected chi connectivity index (χ0v) is 15.9. The van der Waals surface area contributed by atoms with Gasteiger partial charge < -0.3 is 19.5 Å². The number of aryl methyl sites for hydroxylation is 2. The van der Waals surface area contributed by atoms with Crippen molar-refractivity contribution in [2.24, 2.45) is 0 Å². The lowest BCUT2D eigenvalue weighted by Gasteiger charge is -2.22. The first-order chi connectivity index (χ1) is 13.3. The van der Waals surface area contributed by atoms with Gasteiger partial charge in [-0.2, -0.15) is 0 Å². The molecule has 0 radical (unpaired) electrons. The van der Waals surface area contributed by atoms with E-state index in [2.05, 4.69) is 10.5 Å². The van der Waals surface area contributed by atoms with Gasteiger partial charge >= 0.3 is 0 Å². The summed E-state index contributed by atoms with van der Waals surface area (Å²) in [6, 6.07) is 5.79. The van der Waals surface area contributed by atoms with Gasteiger partial charge in [-0.1, -0.05) is 11.2 Å². The summed E-state index contributed by atoms with van der Waals surface area (Å²) < 4.78 is 9.88. The van der Waals surface area contributed by atoms with Crippen LogP contribution in [0.5, 0.6) is 0 Å². The van der Waals surface area contributed by atoms with Crippen LogP contribution in [0.2, 0.25) is 0 Å². The van der Waals surface area contributed by atoms with E-state index >= 15 is 0 Å². The zero-order chi connectivity index (χ0) is 20.7. The van der Waals surface area contributed by atoms with E-state index in [0.29, 0.717) is 24.4 Å². The summed E-state index contributed by atoms with van der Waals surface area (Å²) >= 11 is 0. The average molecular weight is 390 g/mol. The Morgan fingerprint density at radius 1 is 1.32 bits per heavy atom. The van der Waals surface area contributed by atoms with Crippen molar-refractivity contribution in [2.75, 3.05) is 32.1 Å². The van der Waals surface area contributed by atoms with Crippen molar-refractivity contribution in [3.05, 3.63) is 51.3 Å². The molecule has 0 fully saturated rings. The second-order valence-corrected chi connectivity index (χ2v) is 6.20. The maximum Gasteiger partial charge on any atom is 0.273 e. The number of aromatic nitrogens is 1. The van der Waals surface area contributed by atoms with Gasteiger partial charge in [0, 0.05) is 43.5 Å². The van der Waals surface area contributed by atoms with Gasteiger partial charge in [0.15, 0.2) is 5.82 Å². The molecule has 2 aromatic rings. The van der Waals surface area contributed by atoms with E-state index in [1.807, 2.05) is 0 Å². The van der Waals surface area contributed by atoms with Crippen LogP contribution in [0.25, 0.3) is 0 Å². The van der Waals surface area contributed by atoms with Crippen LogP contribution in [0.1, 0.15) is 28.1 Å². The molecule has 2 amide bonds. The van der Waals surface area contributed by atoms with Crippen molar-refractivity contribution in [3.8, 4) is 0 Å². The van der Waals surface area contributed by atoms with Crippen molar-refractivity contribution >= 4 is 23.3 Å². The summed E-state index contributed by atoms with van der Waals surface area (Å²) in [5, 5.41) is 17.4. The van der Waals surface area contributed by atoms with Crippen LogP contribution in [-0.4, -0.2) is 53.6 Å². The number of ether oxygens (including phenoxy) is 1. The van der Waals surface area contributed by atoms with Crippen molar-refractivity contribution in [1.82, 2.24) is 10.1 Å². The maximum atomic E-state index is 12.9. The van der Waals surface area contributed by atoms with Crippen LogP contribution in [-0.2, 0) is 9.53 Å². The first kappa shape index (κ1) is 21.0. The van der Waals surface area contributed by atoms with E-state index in [9.17, 15) is 19.7 Å². The number of rotatable bonds is 9. The van der Waals surface area contributed by atoms with Gasteiger partial charge in [-0.15, -0.1) is 0 Å². The molecule has 0 spiro atoms. The maximum absolute atomic E-state index is 12.9. The van der Waals surface area contributed by atoms with E-state index in [0.717, 1.165) is 0 Å². The highest BCUT2D eigenvalue weighted by Crippen LogP contribution is 2.20. The third kappa shape index (κ3) is 5.61. The number of hydrogen-bond acceptors (Lipinski definition) is 7. The van der Waals surface area contributed by atoms with Crippen LogP contribution in [0.4, 0.5) is 11.5 Å². The number of nitrogens with one attached hydrogen (secondary N) is 1. The molecule has 1 aromatic heterocycles. The van der Waals surface area contributed by atoms with E-state index in [1.54, 1.807) is 19.9 Å². The number of hydrogen-bond donors (Lipinski definition) is 1. The van der Waals surface area contributed by atoms with Gasteiger partial charge in [0.1, 0.15) is 12.3 Å². The molecule has 0 unspecified atom stereocenters. The molecule has 10 heteroatoms. The molecule has 28 heavy (non-hydrogen) atoms.